The predicted octanol–water partition coefficient (Wildman–Crippen LogP) is 4.27. The number of carbonyl (C=O) groups excluding carboxylic acids is 1. The second kappa shape index (κ2) is 7.40. The molecule has 1 aromatic carbocycles. The van der Waals surface area contributed by atoms with E-state index in [2.05, 4.69) is 23.2 Å². The van der Waals surface area contributed by atoms with Gasteiger partial charge in [0.25, 0.3) is 11.6 Å². The predicted molar refractivity (Wildman–Crippen MR) is 94.3 cm³/mol. The minimum absolute atomic E-state index is 0.0155. The third kappa shape index (κ3) is 4.08. The van der Waals surface area contributed by atoms with Crippen LogP contribution in [0, 0.1) is 16.0 Å². The van der Waals surface area contributed by atoms with E-state index >= 15 is 0 Å². The molecule has 0 aliphatic heterocycles. The molecule has 0 saturated carbocycles. The van der Waals surface area contributed by atoms with Crippen LogP contribution in [0.2, 0.25) is 5.02 Å². The zero-order valence-corrected chi connectivity index (χ0v) is 14.3. The van der Waals surface area contributed by atoms with E-state index in [0.717, 1.165) is 29.3 Å². The standard InChI is InChI=1S/C17H18ClN3O3/c1-10(2)12-5-4-11(3)15(8-12)19-20-17(22)13-6-7-14(18)16(9-13)21(23)24/h4,6-7,9,12H,1,5,8H2,2-3H3,(H,20,22)/b19-15+/t12-/m1/s1. The van der Waals surface area contributed by atoms with Gasteiger partial charge in [0.2, 0.25) is 0 Å². The van der Waals surface area contributed by atoms with Gasteiger partial charge in [0, 0.05) is 11.6 Å². The van der Waals surface area contributed by atoms with Gasteiger partial charge in [-0.15, -0.1) is 0 Å². The number of hydrogen-bond donors (Lipinski definition) is 1. The molecular weight excluding hydrogens is 330 g/mol. The molecule has 0 fully saturated rings. The Bertz CT molecular complexity index is 768. The molecule has 1 aliphatic carbocycles. The van der Waals surface area contributed by atoms with Crippen LogP contribution >= 0.6 is 11.6 Å². The Morgan fingerprint density at radius 2 is 2.21 bits per heavy atom. The van der Waals surface area contributed by atoms with Crippen molar-refractivity contribution in [3.05, 3.63) is 62.7 Å². The van der Waals surface area contributed by atoms with Crippen LogP contribution < -0.4 is 5.43 Å². The number of hydrogen-bond acceptors (Lipinski definition) is 4. The first-order chi connectivity index (χ1) is 11.3. The van der Waals surface area contributed by atoms with Crippen LogP contribution in [-0.4, -0.2) is 16.5 Å². The maximum absolute atomic E-state index is 12.2. The molecule has 126 valence electrons. The third-order valence-electron chi connectivity index (χ3n) is 4.00. The van der Waals surface area contributed by atoms with Crippen molar-refractivity contribution in [3.63, 3.8) is 0 Å². The molecule has 1 atom stereocenters. The highest BCUT2D eigenvalue weighted by molar-refractivity contribution is 6.32. The average molecular weight is 348 g/mol. The summed E-state index contributed by atoms with van der Waals surface area (Å²) in [7, 11) is 0. The Balaban J connectivity index is 2.16. The lowest BCUT2D eigenvalue weighted by Crippen LogP contribution is -2.23. The Morgan fingerprint density at radius 3 is 2.83 bits per heavy atom. The van der Waals surface area contributed by atoms with Gasteiger partial charge in [0.15, 0.2) is 0 Å². The number of hydrazone groups is 1. The number of rotatable bonds is 4. The van der Waals surface area contributed by atoms with Crippen LogP contribution in [0.15, 0.2) is 47.1 Å². The molecule has 1 aliphatic rings. The van der Waals surface area contributed by atoms with Gasteiger partial charge in [-0.3, -0.25) is 14.9 Å². The highest BCUT2D eigenvalue weighted by Gasteiger charge is 2.20. The second-order valence-corrected chi connectivity index (χ2v) is 6.20. The number of halogens is 1. The number of benzene rings is 1. The van der Waals surface area contributed by atoms with Crippen molar-refractivity contribution in [2.24, 2.45) is 11.0 Å². The van der Waals surface area contributed by atoms with E-state index in [9.17, 15) is 14.9 Å². The molecular formula is C17H18ClN3O3. The maximum atomic E-state index is 12.2. The van der Waals surface area contributed by atoms with Crippen molar-refractivity contribution >= 4 is 28.9 Å². The van der Waals surface area contributed by atoms with Gasteiger partial charge in [-0.05, 0) is 50.3 Å². The van der Waals surface area contributed by atoms with Crippen molar-refractivity contribution in [2.75, 3.05) is 0 Å². The van der Waals surface area contributed by atoms with Gasteiger partial charge in [0.05, 0.1) is 10.6 Å². The number of nitrogens with zero attached hydrogens (tertiary/aromatic N) is 2. The fraction of sp³-hybridized carbons (Fsp3) is 0.294. The molecule has 1 aromatic rings. The normalized spacial score (nSPS) is 18.9. The summed E-state index contributed by atoms with van der Waals surface area (Å²) in [5.41, 5.74) is 5.14. The highest BCUT2D eigenvalue weighted by Crippen LogP contribution is 2.27. The summed E-state index contributed by atoms with van der Waals surface area (Å²) in [6.07, 6.45) is 3.69. The minimum Gasteiger partial charge on any atom is -0.267 e. The number of nitrogens with one attached hydrogen (secondary N) is 1. The molecule has 2 rings (SSSR count). The van der Waals surface area contributed by atoms with Crippen molar-refractivity contribution in [1.82, 2.24) is 5.43 Å². The number of carbonyl (C=O) groups is 1. The Hall–Kier alpha value is -2.47. The molecule has 24 heavy (non-hydrogen) atoms. The van der Waals surface area contributed by atoms with Gasteiger partial charge in [0.1, 0.15) is 5.02 Å². The van der Waals surface area contributed by atoms with E-state index in [1.165, 1.54) is 12.1 Å². The van der Waals surface area contributed by atoms with Gasteiger partial charge < -0.3 is 0 Å². The third-order valence-corrected chi connectivity index (χ3v) is 4.32. The summed E-state index contributed by atoms with van der Waals surface area (Å²) in [4.78, 5) is 22.4. The Kier molecular flexibility index (Phi) is 5.51. The summed E-state index contributed by atoms with van der Waals surface area (Å²) < 4.78 is 0. The monoisotopic (exact) mass is 347 g/mol. The van der Waals surface area contributed by atoms with Crippen molar-refractivity contribution in [1.29, 1.82) is 0 Å². The van der Waals surface area contributed by atoms with Crippen LogP contribution in [-0.2, 0) is 0 Å². The van der Waals surface area contributed by atoms with E-state index in [-0.39, 0.29) is 16.3 Å². The fourth-order valence-electron chi connectivity index (χ4n) is 2.40. The highest BCUT2D eigenvalue weighted by atomic mass is 35.5. The van der Waals surface area contributed by atoms with Gasteiger partial charge in [-0.25, -0.2) is 5.43 Å². The fourth-order valence-corrected chi connectivity index (χ4v) is 2.59. The molecule has 0 heterocycles. The van der Waals surface area contributed by atoms with E-state index < -0.39 is 10.8 Å². The molecule has 1 amide bonds. The van der Waals surface area contributed by atoms with Gasteiger partial charge >= 0.3 is 0 Å². The summed E-state index contributed by atoms with van der Waals surface area (Å²) in [6, 6.07) is 3.88. The number of amides is 1. The lowest BCUT2D eigenvalue weighted by Gasteiger charge is -2.22. The summed E-state index contributed by atoms with van der Waals surface area (Å²) in [5, 5.41) is 15.1. The topological polar surface area (TPSA) is 84.6 Å². The molecule has 6 nitrogen and oxygen atoms in total. The molecule has 0 spiro atoms. The number of allylic oxidation sites excluding steroid dienone is 3. The largest absolute Gasteiger partial charge is 0.288 e. The molecule has 0 radical (unpaired) electrons. The Morgan fingerprint density at radius 1 is 1.50 bits per heavy atom. The Labute approximate surface area is 145 Å². The summed E-state index contributed by atoms with van der Waals surface area (Å²) >= 11 is 5.74. The van der Waals surface area contributed by atoms with Gasteiger partial charge in [-0.2, -0.15) is 5.10 Å². The maximum Gasteiger partial charge on any atom is 0.288 e. The molecule has 7 heteroatoms. The van der Waals surface area contributed by atoms with Crippen LogP contribution in [0.4, 0.5) is 5.69 Å². The van der Waals surface area contributed by atoms with E-state index in [0.29, 0.717) is 12.3 Å². The zero-order valence-electron chi connectivity index (χ0n) is 13.5. The van der Waals surface area contributed by atoms with Gasteiger partial charge in [-0.1, -0.05) is 29.8 Å². The zero-order chi connectivity index (χ0) is 17.9. The van der Waals surface area contributed by atoms with E-state index in [1.807, 2.05) is 13.8 Å². The van der Waals surface area contributed by atoms with Crippen LogP contribution in [0.5, 0.6) is 0 Å². The lowest BCUT2D eigenvalue weighted by atomic mass is 9.85. The molecule has 0 unspecified atom stereocenters. The second-order valence-electron chi connectivity index (χ2n) is 5.79. The minimum atomic E-state index is -0.628. The van der Waals surface area contributed by atoms with Crippen LogP contribution in [0.25, 0.3) is 0 Å². The molecule has 0 saturated heterocycles. The lowest BCUT2D eigenvalue weighted by molar-refractivity contribution is -0.384. The quantitative estimate of drug-likeness (QED) is 0.501. The first-order valence-corrected chi connectivity index (χ1v) is 7.80. The number of nitro groups is 1. The van der Waals surface area contributed by atoms with Crippen molar-refractivity contribution in [3.8, 4) is 0 Å². The summed E-state index contributed by atoms with van der Waals surface area (Å²) in [5.74, 6) is -0.214. The summed E-state index contributed by atoms with van der Waals surface area (Å²) in [6.45, 7) is 7.88. The molecule has 0 bridgehead atoms. The molecule has 0 aromatic heterocycles. The number of nitro benzene ring substituents is 1. The first-order valence-electron chi connectivity index (χ1n) is 7.43. The van der Waals surface area contributed by atoms with Crippen molar-refractivity contribution in [2.45, 2.75) is 26.7 Å². The average Bonchev–Trinajstić information content (AvgIpc) is 2.53. The smallest absolute Gasteiger partial charge is 0.267 e. The SMILES string of the molecule is C=C(C)[C@@H]1CC=C(C)/C(=N/NC(=O)c2ccc(Cl)c([N+](=O)[O-])c2)C1. The first kappa shape index (κ1) is 17.9. The van der Waals surface area contributed by atoms with E-state index in [1.54, 1.807) is 0 Å². The van der Waals surface area contributed by atoms with Crippen LogP contribution in [0.3, 0.4) is 0 Å². The van der Waals surface area contributed by atoms with Crippen LogP contribution in [0.1, 0.15) is 37.0 Å². The van der Waals surface area contributed by atoms with Crippen molar-refractivity contribution < 1.29 is 9.72 Å². The molecule has 1 N–H and O–H groups in total. The van der Waals surface area contributed by atoms with E-state index in [4.69, 9.17) is 11.6 Å².